The predicted molar refractivity (Wildman–Crippen MR) is 109 cm³/mol. The minimum absolute atomic E-state index is 0. The van der Waals surface area contributed by atoms with Gasteiger partial charge in [-0.3, -0.25) is 0 Å². The molecule has 7 heteroatoms. The van der Waals surface area contributed by atoms with E-state index in [2.05, 4.69) is 23.3 Å². The molecule has 0 aromatic heterocycles. The van der Waals surface area contributed by atoms with Gasteiger partial charge < -0.3 is 25.2 Å². The first-order chi connectivity index (χ1) is 11.1. The summed E-state index contributed by atoms with van der Waals surface area (Å²) >= 11 is 0. The van der Waals surface area contributed by atoms with Crippen molar-refractivity contribution in [3.63, 3.8) is 0 Å². The average Bonchev–Trinajstić information content (AvgIpc) is 2.52. The molecule has 0 aliphatic rings. The van der Waals surface area contributed by atoms with Crippen LogP contribution in [0.25, 0.3) is 0 Å². The van der Waals surface area contributed by atoms with Crippen molar-refractivity contribution >= 4 is 24.8 Å². The van der Waals surface area contributed by atoms with Gasteiger partial charge in [0, 0.05) is 31.7 Å². The van der Waals surface area contributed by atoms with Gasteiger partial charge in [-0.05, 0) is 31.9 Å². The summed E-state index contributed by atoms with van der Waals surface area (Å²) in [4.78, 5) is 0. The van der Waals surface area contributed by atoms with Crippen LogP contribution in [0.3, 0.4) is 0 Å². The Kier molecular flexibility index (Phi) is 16.1. The largest absolute Gasteiger partial charge is 0.493 e. The SMILES string of the molecule is C=CCc1cc(CNCCNCC(C)O)cc(OC)c1OCC.Cl.Cl. The number of nitrogens with one attached hydrogen (secondary N) is 2. The highest BCUT2D eigenvalue weighted by atomic mass is 35.5. The minimum atomic E-state index is -0.313. The molecule has 0 saturated heterocycles. The van der Waals surface area contributed by atoms with Gasteiger partial charge in [-0.25, -0.2) is 0 Å². The van der Waals surface area contributed by atoms with Crippen molar-refractivity contribution in [1.29, 1.82) is 0 Å². The van der Waals surface area contributed by atoms with Crippen LogP contribution in [0, 0.1) is 0 Å². The molecule has 0 bridgehead atoms. The molecule has 1 aromatic carbocycles. The molecule has 0 saturated carbocycles. The van der Waals surface area contributed by atoms with Gasteiger partial charge in [-0.2, -0.15) is 0 Å². The molecule has 0 aliphatic heterocycles. The molecule has 146 valence electrons. The van der Waals surface area contributed by atoms with E-state index in [9.17, 15) is 5.11 Å². The summed E-state index contributed by atoms with van der Waals surface area (Å²) in [6.07, 6.45) is 2.30. The minimum Gasteiger partial charge on any atom is -0.493 e. The van der Waals surface area contributed by atoms with E-state index in [1.165, 1.54) is 0 Å². The molecular formula is C18H32Cl2N2O3. The number of aliphatic hydroxyl groups excluding tert-OH is 1. The van der Waals surface area contributed by atoms with Crippen molar-refractivity contribution in [2.75, 3.05) is 33.4 Å². The highest BCUT2D eigenvalue weighted by molar-refractivity contribution is 5.85. The Labute approximate surface area is 164 Å². The van der Waals surface area contributed by atoms with E-state index in [0.29, 0.717) is 13.2 Å². The quantitative estimate of drug-likeness (QED) is 0.375. The van der Waals surface area contributed by atoms with Gasteiger partial charge in [0.1, 0.15) is 0 Å². The van der Waals surface area contributed by atoms with Crippen molar-refractivity contribution in [2.45, 2.75) is 32.9 Å². The molecule has 0 spiro atoms. The fourth-order valence-electron chi connectivity index (χ4n) is 2.31. The summed E-state index contributed by atoms with van der Waals surface area (Å²) in [7, 11) is 1.66. The number of hydrogen-bond donors (Lipinski definition) is 3. The smallest absolute Gasteiger partial charge is 0.164 e. The lowest BCUT2D eigenvalue weighted by atomic mass is 10.1. The maximum Gasteiger partial charge on any atom is 0.164 e. The van der Waals surface area contributed by atoms with Crippen LogP contribution in [0.4, 0.5) is 0 Å². The summed E-state index contributed by atoms with van der Waals surface area (Å²) in [6, 6.07) is 4.14. The zero-order valence-electron chi connectivity index (χ0n) is 15.3. The zero-order valence-corrected chi connectivity index (χ0v) is 17.0. The Hall–Kier alpha value is -0.980. The van der Waals surface area contributed by atoms with Gasteiger partial charge in [0.25, 0.3) is 0 Å². The molecule has 1 aromatic rings. The fraction of sp³-hybridized carbons (Fsp3) is 0.556. The molecular weight excluding hydrogens is 363 g/mol. The molecule has 1 rings (SSSR count). The molecule has 0 heterocycles. The Morgan fingerprint density at radius 3 is 2.48 bits per heavy atom. The third-order valence-corrected chi connectivity index (χ3v) is 3.31. The first-order valence-electron chi connectivity index (χ1n) is 8.15. The molecule has 25 heavy (non-hydrogen) atoms. The van der Waals surface area contributed by atoms with Crippen LogP contribution in [0.15, 0.2) is 24.8 Å². The third-order valence-electron chi connectivity index (χ3n) is 3.31. The van der Waals surface area contributed by atoms with Crippen molar-refractivity contribution < 1.29 is 14.6 Å². The monoisotopic (exact) mass is 394 g/mol. The summed E-state index contributed by atoms with van der Waals surface area (Å²) < 4.78 is 11.2. The molecule has 1 unspecified atom stereocenters. The van der Waals surface area contributed by atoms with Gasteiger partial charge in [-0.1, -0.05) is 12.1 Å². The molecule has 5 nitrogen and oxygen atoms in total. The van der Waals surface area contributed by atoms with Crippen molar-refractivity contribution in [2.24, 2.45) is 0 Å². The van der Waals surface area contributed by atoms with Crippen molar-refractivity contribution in [3.05, 3.63) is 35.9 Å². The second kappa shape index (κ2) is 15.3. The average molecular weight is 395 g/mol. The number of aliphatic hydroxyl groups is 1. The summed E-state index contributed by atoms with van der Waals surface area (Å²) in [5.74, 6) is 1.56. The van der Waals surface area contributed by atoms with E-state index in [4.69, 9.17) is 9.47 Å². The second-order valence-electron chi connectivity index (χ2n) is 5.44. The number of ether oxygens (including phenoxy) is 2. The van der Waals surface area contributed by atoms with E-state index in [1.54, 1.807) is 14.0 Å². The maximum absolute atomic E-state index is 9.18. The van der Waals surface area contributed by atoms with E-state index < -0.39 is 0 Å². The van der Waals surface area contributed by atoms with Gasteiger partial charge >= 0.3 is 0 Å². The van der Waals surface area contributed by atoms with Crippen LogP contribution in [0.2, 0.25) is 0 Å². The predicted octanol–water partition coefficient (Wildman–Crippen LogP) is 2.73. The van der Waals surface area contributed by atoms with Crippen molar-refractivity contribution in [1.82, 2.24) is 10.6 Å². The Morgan fingerprint density at radius 2 is 1.92 bits per heavy atom. The van der Waals surface area contributed by atoms with E-state index in [1.807, 2.05) is 19.1 Å². The highest BCUT2D eigenvalue weighted by Crippen LogP contribution is 2.33. The van der Waals surface area contributed by atoms with E-state index >= 15 is 0 Å². The molecule has 0 radical (unpaired) electrons. The maximum atomic E-state index is 9.18. The van der Waals surface area contributed by atoms with Crippen LogP contribution < -0.4 is 20.1 Å². The van der Waals surface area contributed by atoms with Gasteiger partial charge in [0.15, 0.2) is 11.5 Å². The van der Waals surface area contributed by atoms with Crippen LogP contribution in [0.5, 0.6) is 11.5 Å². The van der Waals surface area contributed by atoms with Crippen LogP contribution in [-0.2, 0) is 13.0 Å². The highest BCUT2D eigenvalue weighted by Gasteiger charge is 2.12. The lowest BCUT2D eigenvalue weighted by Gasteiger charge is -2.16. The Balaban J connectivity index is 0. The number of allylic oxidation sites excluding steroid dienone is 1. The Bertz CT molecular complexity index is 486. The summed E-state index contributed by atoms with van der Waals surface area (Å²) in [5, 5.41) is 15.7. The van der Waals surface area contributed by atoms with E-state index in [-0.39, 0.29) is 30.9 Å². The van der Waals surface area contributed by atoms with Crippen LogP contribution >= 0.6 is 24.8 Å². The summed E-state index contributed by atoms with van der Waals surface area (Å²) in [6.45, 7) is 11.2. The van der Waals surface area contributed by atoms with Gasteiger partial charge in [0.05, 0.1) is 19.8 Å². The standard InChI is InChI=1S/C18H30N2O3.2ClH/c1-5-7-16-10-15(11-17(22-4)18(16)23-6-2)13-20-9-8-19-12-14(3)21;;/h5,10-11,14,19-21H,1,6-9,12-13H2,2-4H3;2*1H. The normalized spacial score (nSPS) is 11.0. The lowest BCUT2D eigenvalue weighted by molar-refractivity contribution is 0.191. The second-order valence-corrected chi connectivity index (χ2v) is 5.44. The summed E-state index contributed by atoms with van der Waals surface area (Å²) in [5.41, 5.74) is 2.24. The number of hydrogen-bond acceptors (Lipinski definition) is 5. The first kappa shape index (κ1) is 26.3. The number of halogens is 2. The van der Waals surface area contributed by atoms with Gasteiger partial charge in [-0.15, -0.1) is 31.4 Å². The molecule has 3 N–H and O–H groups in total. The lowest BCUT2D eigenvalue weighted by Crippen LogP contribution is -2.31. The van der Waals surface area contributed by atoms with Crippen molar-refractivity contribution in [3.8, 4) is 11.5 Å². The molecule has 0 amide bonds. The van der Waals surface area contributed by atoms with Crippen LogP contribution in [0.1, 0.15) is 25.0 Å². The number of benzene rings is 1. The van der Waals surface area contributed by atoms with Gasteiger partial charge in [0.2, 0.25) is 0 Å². The molecule has 0 fully saturated rings. The van der Waals surface area contributed by atoms with E-state index in [0.717, 1.165) is 48.7 Å². The Morgan fingerprint density at radius 1 is 1.24 bits per heavy atom. The van der Waals surface area contributed by atoms with Crippen LogP contribution in [-0.4, -0.2) is 44.6 Å². The first-order valence-corrected chi connectivity index (χ1v) is 8.15. The fourth-order valence-corrected chi connectivity index (χ4v) is 2.31. The number of rotatable bonds is 12. The topological polar surface area (TPSA) is 62.8 Å². The zero-order chi connectivity index (χ0) is 17.1. The third kappa shape index (κ3) is 9.92. The molecule has 0 aliphatic carbocycles. The number of methoxy groups -OCH3 is 1. The molecule has 1 atom stereocenters.